The van der Waals surface area contributed by atoms with Crippen molar-refractivity contribution in [2.45, 2.75) is 31.3 Å². The highest BCUT2D eigenvalue weighted by Crippen LogP contribution is 2.60. The van der Waals surface area contributed by atoms with Crippen molar-refractivity contribution in [1.82, 2.24) is 0 Å². The lowest BCUT2D eigenvalue weighted by molar-refractivity contribution is 0.0267. The lowest BCUT2D eigenvalue weighted by atomic mass is 9.81. The van der Waals surface area contributed by atoms with Crippen LogP contribution < -0.4 is 0 Å². The maximum Gasteiger partial charge on any atom is 0.336 e. The van der Waals surface area contributed by atoms with Gasteiger partial charge in [-0.1, -0.05) is 24.0 Å². The number of nitriles is 1. The number of hydrogen-bond acceptors (Lipinski definition) is 3. The molecule has 0 bridgehead atoms. The lowest BCUT2D eigenvalue weighted by Gasteiger charge is -2.27. The second kappa shape index (κ2) is 4.62. The van der Waals surface area contributed by atoms with E-state index < -0.39 is 17.0 Å². The zero-order chi connectivity index (χ0) is 15.1. The number of carboxylic acids is 1. The third kappa shape index (κ3) is 2.18. The van der Waals surface area contributed by atoms with Gasteiger partial charge in [0.15, 0.2) is 0 Å². The van der Waals surface area contributed by atoms with E-state index in [1.165, 1.54) is 6.07 Å². The van der Waals surface area contributed by atoms with E-state index in [1.54, 1.807) is 18.2 Å². The first-order valence-corrected chi connectivity index (χ1v) is 7.01. The van der Waals surface area contributed by atoms with Crippen LogP contribution in [0, 0.1) is 34.5 Å². The fourth-order valence-corrected chi connectivity index (χ4v) is 2.76. The summed E-state index contributed by atoms with van der Waals surface area (Å²) in [6, 6.07) is 8.68. The summed E-state index contributed by atoms with van der Waals surface area (Å²) in [4.78, 5) is 11.2. The molecule has 0 heterocycles. The van der Waals surface area contributed by atoms with Gasteiger partial charge >= 0.3 is 5.97 Å². The molecule has 2 aliphatic carbocycles. The lowest BCUT2D eigenvalue weighted by Crippen LogP contribution is -2.40. The molecular weight excluding hydrogens is 266 g/mol. The molecule has 1 aromatic rings. The van der Waals surface area contributed by atoms with Gasteiger partial charge in [0.25, 0.3) is 0 Å². The van der Waals surface area contributed by atoms with Gasteiger partial charge in [-0.15, -0.1) is 0 Å². The number of rotatable bonds is 3. The van der Waals surface area contributed by atoms with E-state index in [2.05, 4.69) is 17.9 Å². The molecule has 2 aliphatic rings. The number of aromatic carboxylic acids is 1. The fraction of sp³-hybridized carbons (Fsp3) is 0.412. The number of carboxylic acid groups (broad SMARTS) is 1. The van der Waals surface area contributed by atoms with Crippen LogP contribution in [-0.2, 0) is 0 Å². The van der Waals surface area contributed by atoms with Crippen molar-refractivity contribution in [3.63, 3.8) is 0 Å². The predicted octanol–water partition coefficient (Wildman–Crippen LogP) is 2.18. The van der Waals surface area contributed by atoms with Crippen LogP contribution in [0.25, 0.3) is 0 Å². The average molecular weight is 281 g/mol. The van der Waals surface area contributed by atoms with Crippen molar-refractivity contribution in [3.05, 3.63) is 35.4 Å². The number of carbonyl (C=O) groups is 1. The zero-order valence-corrected chi connectivity index (χ0v) is 11.5. The smallest absolute Gasteiger partial charge is 0.336 e. The normalized spacial score (nSPS) is 21.3. The molecule has 0 aromatic heterocycles. The molecule has 0 spiro atoms. The van der Waals surface area contributed by atoms with E-state index in [4.69, 9.17) is 5.11 Å². The summed E-state index contributed by atoms with van der Waals surface area (Å²) in [7, 11) is 0. The SMILES string of the molecule is N#CC1([C@](O)(C#Cc2ccccc2C(=O)O)C2CC2)CC1. The van der Waals surface area contributed by atoms with Crippen LogP contribution in [0.1, 0.15) is 41.6 Å². The summed E-state index contributed by atoms with van der Waals surface area (Å²) in [5.41, 5.74) is -1.59. The standard InChI is InChI=1S/C17H15NO3/c18-11-16(9-10-16)17(21,13-5-6-13)8-7-12-3-1-2-4-14(12)15(19)20/h1-4,13,21H,5-6,9-10H2,(H,19,20)/t17-/m0/s1. The van der Waals surface area contributed by atoms with Crippen molar-refractivity contribution < 1.29 is 15.0 Å². The number of nitrogens with zero attached hydrogens (tertiary/aromatic N) is 1. The minimum Gasteiger partial charge on any atom is -0.478 e. The van der Waals surface area contributed by atoms with Crippen molar-refractivity contribution >= 4 is 5.97 Å². The Hall–Kier alpha value is -2.30. The largest absolute Gasteiger partial charge is 0.478 e. The molecule has 0 saturated heterocycles. The van der Waals surface area contributed by atoms with Crippen LogP contribution >= 0.6 is 0 Å². The van der Waals surface area contributed by atoms with E-state index in [1.807, 2.05) is 0 Å². The molecule has 2 fully saturated rings. The Kier molecular flexibility index (Phi) is 3.01. The van der Waals surface area contributed by atoms with Gasteiger partial charge < -0.3 is 10.2 Å². The molecule has 3 rings (SSSR count). The minimum atomic E-state index is -1.31. The quantitative estimate of drug-likeness (QED) is 0.832. The Morgan fingerprint density at radius 1 is 1.33 bits per heavy atom. The van der Waals surface area contributed by atoms with Crippen LogP contribution in [0.5, 0.6) is 0 Å². The highest BCUT2D eigenvalue weighted by Gasteiger charge is 2.64. The predicted molar refractivity (Wildman–Crippen MR) is 75.2 cm³/mol. The van der Waals surface area contributed by atoms with Crippen molar-refractivity contribution in [1.29, 1.82) is 5.26 Å². The number of aliphatic hydroxyl groups is 1. The van der Waals surface area contributed by atoms with Gasteiger partial charge in [-0.05, 0) is 37.8 Å². The highest BCUT2D eigenvalue weighted by atomic mass is 16.4. The van der Waals surface area contributed by atoms with Crippen LogP contribution in [-0.4, -0.2) is 21.8 Å². The van der Waals surface area contributed by atoms with E-state index in [0.717, 1.165) is 12.8 Å². The number of hydrogen-bond donors (Lipinski definition) is 2. The van der Waals surface area contributed by atoms with Gasteiger partial charge in [-0.2, -0.15) is 5.26 Å². The van der Waals surface area contributed by atoms with E-state index in [-0.39, 0.29) is 11.5 Å². The molecule has 0 unspecified atom stereocenters. The molecule has 0 amide bonds. The van der Waals surface area contributed by atoms with Crippen molar-refractivity contribution in [2.24, 2.45) is 11.3 Å². The van der Waals surface area contributed by atoms with Crippen LogP contribution in [0.3, 0.4) is 0 Å². The van der Waals surface area contributed by atoms with E-state index in [0.29, 0.717) is 18.4 Å². The third-order valence-electron chi connectivity index (χ3n) is 4.41. The Labute approximate surface area is 123 Å². The molecule has 4 heteroatoms. The molecule has 21 heavy (non-hydrogen) atoms. The first kappa shape index (κ1) is 13.7. The molecule has 1 atom stereocenters. The summed E-state index contributed by atoms with van der Waals surface area (Å²) in [5.74, 6) is 4.63. The van der Waals surface area contributed by atoms with Gasteiger partial charge in [0, 0.05) is 11.5 Å². The van der Waals surface area contributed by atoms with E-state index in [9.17, 15) is 15.2 Å². The Morgan fingerprint density at radius 3 is 2.52 bits per heavy atom. The summed E-state index contributed by atoms with van der Waals surface area (Å²) in [6.45, 7) is 0. The van der Waals surface area contributed by atoms with Gasteiger partial charge in [0.2, 0.25) is 0 Å². The van der Waals surface area contributed by atoms with Crippen molar-refractivity contribution in [2.75, 3.05) is 0 Å². The molecule has 0 aliphatic heterocycles. The molecule has 2 N–H and O–H groups in total. The van der Waals surface area contributed by atoms with Gasteiger partial charge in [-0.25, -0.2) is 4.79 Å². The maximum atomic E-state index is 11.2. The van der Waals surface area contributed by atoms with Crippen LogP contribution in [0.15, 0.2) is 24.3 Å². The second-order valence-corrected chi connectivity index (χ2v) is 5.84. The molecule has 2 saturated carbocycles. The highest BCUT2D eigenvalue weighted by molar-refractivity contribution is 5.90. The monoisotopic (exact) mass is 281 g/mol. The molecule has 106 valence electrons. The topological polar surface area (TPSA) is 81.3 Å². The molecule has 1 aromatic carbocycles. The second-order valence-electron chi connectivity index (χ2n) is 5.84. The van der Waals surface area contributed by atoms with Gasteiger partial charge in [0.1, 0.15) is 5.60 Å². The zero-order valence-electron chi connectivity index (χ0n) is 11.5. The summed E-state index contributed by atoms with van der Waals surface area (Å²) < 4.78 is 0. The summed E-state index contributed by atoms with van der Waals surface area (Å²) in [6.07, 6.45) is 3.06. The molecular formula is C17H15NO3. The van der Waals surface area contributed by atoms with Crippen molar-refractivity contribution in [3.8, 4) is 17.9 Å². The maximum absolute atomic E-state index is 11.2. The summed E-state index contributed by atoms with van der Waals surface area (Å²) in [5, 5.41) is 29.4. The van der Waals surface area contributed by atoms with Crippen LogP contribution in [0.4, 0.5) is 0 Å². The summed E-state index contributed by atoms with van der Waals surface area (Å²) >= 11 is 0. The Morgan fingerprint density at radius 2 is 2.00 bits per heavy atom. The first-order valence-electron chi connectivity index (χ1n) is 7.01. The number of benzene rings is 1. The first-order chi connectivity index (χ1) is 10.0. The Bertz CT molecular complexity index is 699. The average Bonchev–Trinajstić information content (AvgIpc) is 3.38. The van der Waals surface area contributed by atoms with Gasteiger partial charge in [-0.3, -0.25) is 0 Å². The molecule has 4 nitrogen and oxygen atoms in total. The molecule has 0 radical (unpaired) electrons. The van der Waals surface area contributed by atoms with E-state index >= 15 is 0 Å². The Balaban J connectivity index is 2.00. The minimum absolute atomic E-state index is 0.0316. The fourth-order valence-electron chi connectivity index (χ4n) is 2.76. The van der Waals surface area contributed by atoms with Crippen LogP contribution in [0.2, 0.25) is 0 Å². The van der Waals surface area contributed by atoms with Gasteiger partial charge in [0.05, 0.1) is 17.0 Å². The third-order valence-corrected chi connectivity index (χ3v) is 4.41.